The van der Waals surface area contributed by atoms with Crippen molar-refractivity contribution < 1.29 is 9.63 Å². The molecule has 2 rings (SSSR count). The molecule has 0 spiro atoms. The van der Waals surface area contributed by atoms with E-state index >= 15 is 0 Å². The van der Waals surface area contributed by atoms with E-state index in [2.05, 4.69) is 15.1 Å². The minimum Gasteiger partial charge on any atom is -0.315 e. The molecular formula is C11H13N5O3S. The zero-order valence-electron chi connectivity index (χ0n) is 11.2. The molecule has 0 aliphatic carbocycles. The maximum atomic E-state index is 12.0. The van der Waals surface area contributed by atoms with Gasteiger partial charge in [0.15, 0.2) is 11.8 Å². The van der Waals surface area contributed by atoms with Gasteiger partial charge in [0.05, 0.1) is 11.2 Å². The topological polar surface area (TPSA) is 94.3 Å². The number of aldehydes is 1. The molecule has 106 valence electrons. The lowest BCUT2D eigenvalue weighted by Crippen LogP contribution is -2.38. The van der Waals surface area contributed by atoms with Crippen LogP contribution in [0.4, 0.5) is 0 Å². The largest absolute Gasteiger partial charge is 0.330 e. The monoisotopic (exact) mass is 295 g/mol. The predicted octanol–water partition coefficient (Wildman–Crippen LogP) is -0.124. The molecule has 2 aromatic rings. The Bertz CT molecular complexity index is 758. The first kappa shape index (κ1) is 14.1. The number of imidazole rings is 1. The van der Waals surface area contributed by atoms with Crippen molar-refractivity contribution in [2.75, 3.05) is 6.26 Å². The Morgan fingerprint density at radius 2 is 2.20 bits per heavy atom. The predicted molar refractivity (Wildman–Crippen MR) is 72.6 cm³/mol. The Hall–Kier alpha value is -2.29. The van der Waals surface area contributed by atoms with Crippen molar-refractivity contribution in [1.29, 1.82) is 0 Å². The van der Waals surface area contributed by atoms with Gasteiger partial charge in [-0.05, 0) is 6.26 Å². The van der Waals surface area contributed by atoms with E-state index in [1.54, 1.807) is 20.2 Å². The molecule has 0 aliphatic heterocycles. The molecule has 0 saturated carbocycles. The smallest absolute Gasteiger partial charge is 0.315 e. The van der Waals surface area contributed by atoms with Crippen molar-refractivity contribution in [2.45, 2.75) is 5.03 Å². The lowest BCUT2D eigenvalue weighted by Gasteiger charge is -2.07. The van der Waals surface area contributed by atoms with Crippen molar-refractivity contribution in [2.24, 2.45) is 19.3 Å². The summed E-state index contributed by atoms with van der Waals surface area (Å²) >= 11 is 1.43. The number of carbonyl (C=O) groups excluding carboxylic acids is 1. The Balaban J connectivity index is 2.41. The van der Waals surface area contributed by atoms with Crippen LogP contribution in [0.15, 0.2) is 27.2 Å². The highest BCUT2D eigenvalue weighted by Gasteiger charge is 2.05. The Morgan fingerprint density at radius 3 is 2.80 bits per heavy atom. The fourth-order valence-electron chi connectivity index (χ4n) is 1.52. The summed E-state index contributed by atoms with van der Waals surface area (Å²) in [6.07, 6.45) is 3.81. The normalized spacial score (nSPS) is 11.7. The van der Waals surface area contributed by atoms with E-state index in [0.717, 1.165) is 5.03 Å². The summed E-state index contributed by atoms with van der Waals surface area (Å²) in [5.41, 5.74) is 0.419. The van der Waals surface area contributed by atoms with Crippen LogP contribution >= 0.6 is 11.8 Å². The highest BCUT2D eigenvalue weighted by molar-refractivity contribution is 7.98. The van der Waals surface area contributed by atoms with Crippen LogP contribution in [-0.4, -0.2) is 31.6 Å². The third-order valence-corrected chi connectivity index (χ3v) is 3.44. The lowest BCUT2D eigenvalue weighted by molar-refractivity contribution is 0.111. The van der Waals surface area contributed by atoms with Crippen LogP contribution in [0.5, 0.6) is 6.01 Å². The third kappa shape index (κ3) is 2.67. The molecule has 8 nitrogen and oxygen atoms in total. The van der Waals surface area contributed by atoms with E-state index in [1.807, 2.05) is 6.26 Å². The van der Waals surface area contributed by atoms with E-state index in [1.165, 1.54) is 27.1 Å². The van der Waals surface area contributed by atoms with Gasteiger partial charge in [-0.1, -0.05) is 5.16 Å². The van der Waals surface area contributed by atoms with Gasteiger partial charge in [0.1, 0.15) is 5.69 Å². The minimum atomic E-state index is -0.216. The second-order valence-corrected chi connectivity index (χ2v) is 4.72. The summed E-state index contributed by atoms with van der Waals surface area (Å²) in [5, 5.41) is 4.61. The van der Waals surface area contributed by atoms with Gasteiger partial charge >= 0.3 is 11.7 Å². The summed E-state index contributed by atoms with van der Waals surface area (Å²) in [6, 6.07) is 1.80. The summed E-state index contributed by atoms with van der Waals surface area (Å²) in [7, 11) is 3.27. The van der Waals surface area contributed by atoms with Crippen molar-refractivity contribution in [3.63, 3.8) is 0 Å². The van der Waals surface area contributed by atoms with Gasteiger partial charge in [-0.25, -0.2) is 9.78 Å². The Morgan fingerprint density at radius 1 is 1.45 bits per heavy atom. The van der Waals surface area contributed by atoms with Crippen molar-refractivity contribution in [3.05, 3.63) is 33.9 Å². The van der Waals surface area contributed by atoms with Gasteiger partial charge in [0, 0.05) is 20.2 Å². The number of hydrogen-bond donors (Lipinski definition) is 1. The highest BCUT2D eigenvalue weighted by Crippen LogP contribution is 2.08. The van der Waals surface area contributed by atoms with Crippen molar-refractivity contribution in [3.8, 4) is 6.01 Å². The maximum Gasteiger partial charge on any atom is 0.330 e. The number of thioether (sulfide) groups is 1. The van der Waals surface area contributed by atoms with Crippen LogP contribution in [0.25, 0.3) is 0 Å². The first-order valence-corrected chi connectivity index (χ1v) is 6.81. The molecule has 9 heteroatoms. The second kappa shape index (κ2) is 5.78. The van der Waals surface area contributed by atoms with Gasteiger partial charge in [0.25, 0.3) is 0 Å². The zero-order chi connectivity index (χ0) is 14.7. The fraction of sp³-hybridized carbons (Fsp3) is 0.273. The van der Waals surface area contributed by atoms with Crippen molar-refractivity contribution in [1.82, 2.24) is 19.1 Å². The molecule has 2 aromatic heterocycles. The molecule has 20 heavy (non-hydrogen) atoms. The summed E-state index contributed by atoms with van der Waals surface area (Å²) in [6.45, 7) is 0. The van der Waals surface area contributed by atoms with E-state index in [-0.39, 0.29) is 17.4 Å². The van der Waals surface area contributed by atoms with Gasteiger partial charge in [-0.15, -0.1) is 11.8 Å². The number of rotatable bonds is 4. The fourth-order valence-corrected chi connectivity index (χ4v) is 2.09. The lowest BCUT2D eigenvalue weighted by atomic mass is 10.6. The number of carbonyl (C=O) groups is 1. The van der Waals surface area contributed by atoms with E-state index in [9.17, 15) is 9.59 Å². The van der Waals surface area contributed by atoms with Crippen LogP contribution in [-0.2, 0) is 14.1 Å². The molecule has 0 fully saturated rings. The van der Waals surface area contributed by atoms with Crippen LogP contribution in [0.2, 0.25) is 0 Å². The first-order valence-electron chi connectivity index (χ1n) is 5.59. The second-order valence-electron chi connectivity index (χ2n) is 3.89. The number of H-pyrrole nitrogens is 1. The number of aromatic nitrogens is 4. The molecule has 0 amide bonds. The minimum absolute atomic E-state index is 0.0819. The van der Waals surface area contributed by atoms with Crippen LogP contribution in [0.1, 0.15) is 10.5 Å². The van der Waals surface area contributed by atoms with Crippen LogP contribution in [0, 0.1) is 0 Å². The van der Waals surface area contributed by atoms with Gasteiger partial charge in [0.2, 0.25) is 0 Å². The molecule has 2 heterocycles. The molecule has 0 aliphatic rings. The molecule has 0 saturated heterocycles. The summed E-state index contributed by atoms with van der Waals surface area (Å²) < 4.78 is 2.87. The number of nitrogens with zero attached hydrogens (tertiary/aromatic N) is 4. The van der Waals surface area contributed by atoms with E-state index in [4.69, 9.17) is 4.84 Å². The van der Waals surface area contributed by atoms with Gasteiger partial charge in [-0.2, -0.15) is 0 Å². The standard InChI is InChI=1S/C11H13N5O3S/c1-15-8(4-9(20-3)16(2)11(15)18)14-19-10-12-5-7(6-17)13-10/h4-6H,1-3H3,(H,12,13). The van der Waals surface area contributed by atoms with E-state index < -0.39 is 0 Å². The van der Waals surface area contributed by atoms with E-state index in [0.29, 0.717) is 11.8 Å². The van der Waals surface area contributed by atoms with Gasteiger partial charge < -0.3 is 9.82 Å². The average molecular weight is 295 g/mol. The van der Waals surface area contributed by atoms with Crippen LogP contribution in [0.3, 0.4) is 0 Å². The van der Waals surface area contributed by atoms with Crippen LogP contribution < -0.4 is 16.0 Å². The quantitative estimate of drug-likeness (QED) is 0.367. The molecule has 0 atom stereocenters. The van der Waals surface area contributed by atoms with Crippen molar-refractivity contribution >= 4 is 18.0 Å². The molecule has 0 aromatic carbocycles. The maximum absolute atomic E-state index is 12.0. The average Bonchev–Trinajstić information content (AvgIpc) is 2.92. The SMILES string of the molecule is CSc1cc(=NOc2ncc(C=O)[nH]2)n(C)c(=O)n1C. The highest BCUT2D eigenvalue weighted by atomic mass is 32.2. The molecule has 0 unspecified atom stereocenters. The third-order valence-electron chi connectivity index (χ3n) is 2.63. The Labute approximate surface area is 118 Å². The van der Waals surface area contributed by atoms with Gasteiger partial charge in [-0.3, -0.25) is 13.9 Å². The zero-order valence-corrected chi connectivity index (χ0v) is 12.0. The number of aromatic amines is 1. The molecule has 0 bridgehead atoms. The first-order chi connectivity index (χ1) is 9.56. The summed E-state index contributed by atoms with van der Waals surface area (Å²) in [5.74, 6) is 0. The molecule has 0 radical (unpaired) electrons. The molecule has 1 N–H and O–H groups in total. The number of nitrogens with one attached hydrogen (secondary N) is 1. The summed E-state index contributed by atoms with van der Waals surface area (Å²) in [4.78, 5) is 34.0. The number of hydrogen-bond acceptors (Lipinski definition) is 6. The Kier molecular flexibility index (Phi) is 4.08. The molecular weight excluding hydrogens is 282 g/mol.